The van der Waals surface area contributed by atoms with E-state index in [0.29, 0.717) is 0 Å². The van der Waals surface area contributed by atoms with Crippen molar-refractivity contribution in [1.82, 2.24) is 10.6 Å². The Hall–Kier alpha value is -0.320. The molecular weight excluding hydrogens is 252 g/mol. The molecule has 0 aliphatic carbocycles. The Balaban J connectivity index is 0.00000162. The van der Waals surface area contributed by atoms with Crippen molar-refractivity contribution >= 4 is 18.3 Å². The maximum absolute atomic E-state index is 12.3. The van der Waals surface area contributed by atoms with Gasteiger partial charge in [0.05, 0.1) is 17.6 Å². The Labute approximate surface area is 116 Å². The summed E-state index contributed by atoms with van der Waals surface area (Å²) in [6.07, 6.45) is 4.45. The number of halogens is 1. The lowest BCUT2D eigenvalue weighted by atomic mass is 9.81. The average Bonchev–Trinajstić information content (AvgIpc) is 2.83. The molecule has 3 unspecified atom stereocenters. The number of hydrogen-bond donors (Lipinski definition) is 2. The molecule has 0 bridgehead atoms. The summed E-state index contributed by atoms with van der Waals surface area (Å²) in [6.45, 7) is 6.76. The first kappa shape index (κ1) is 15.7. The molecule has 2 fully saturated rings. The van der Waals surface area contributed by atoms with Crippen LogP contribution in [0.1, 0.15) is 39.5 Å². The number of amides is 1. The van der Waals surface area contributed by atoms with Gasteiger partial charge >= 0.3 is 0 Å². The van der Waals surface area contributed by atoms with Crippen molar-refractivity contribution in [3.05, 3.63) is 0 Å². The first-order valence-electron chi connectivity index (χ1n) is 6.75. The summed E-state index contributed by atoms with van der Waals surface area (Å²) >= 11 is 0. The number of rotatable bonds is 3. The van der Waals surface area contributed by atoms with Crippen LogP contribution in [0, 0.1) is 5.41 Å². The minimum Gasteiger partial charge on any atom is -0.376 e. The number of carbonyl (C=O) groups is 1. The largest absolute Gasteiger partial charge is 0.376 e. The van der Waals surface area contributed by atoms with E-state index in [-0.39, 0.29) is 35.9 Å². The van der Waals surface area contributed by atoms with Crippen LogP contribution in [0.5, 0.6) is 0 Å². The summed E-state index contributed by atoms with van der Waals surface area (Å²) < 4.78 is 5.61. The van der Waals surface area contributed by atoms with E-state index >= 15 is 0 Å². The van der Waals surface area contributed by atoms with Crippen LogP contribution in [0.4, 0.5) is 0 Å². The van der Waals surface area contributed by atoms with Gasteiger partial charge in [-0.25, -0.2) is 0 Å². The van der Waals surface area contributed by atoms with Gasteiger partial charge in [0.15, 0.2) is 0 Å². The van der Waals surface area contributed by atoms with E-state index in [2.05, 4.69) is 17.6 Å². The van der Waals surface area contributed by atoms with E-state index in [1.54, 1.807) is 0 Å². The fourth-order valence-corrected chi connectivity index (χ4v) is 2.72. The fraction of sp³-hybridized carbons (Fsp3) is 0.923. The van der Waals surface area contributed by atoms with Gasteiger partial charge in [-0.15, -0.1) is 12.4 Å². The SMILES string of the molecule is CC(NC(=O)C1(C)CCCNC1)C1CCCO1.Cl. The van der Waals surface area contributed by atoms with E-state index in [4.69, 9.17) is 4.74 Å². The van der Waals surface area contributed by atoms with Crippen LogP contribution in [-0.4, -0.2) is 37.7 Å². The highest BCUT2D eigenvalue weighted by Gasteiger charge is 2.36. The van der Waals surface area contributed by atoms with E-state index in [1.165, 1.54) is 0 Å². The van der Waals surface area contributed by atoms with Crippen molar-refractivity contribution in [2.75, 3.05) is 19.7 Å². The van der Waals surface area contributed by atoms with Gasteiger partial charge in [0.25, 0.3) is 0 Å². The monoisotopic (exact) mass is 276 g/mol. The minimum atomic E-state index is -0.245. The lowest BCUT2D eigenvalue weighted by molar-refractivity contribution is -0.132. The number of carbonyl (C=O) groups excluding carboxylic acids is 1. The van der Waals surface area contributed by atoms with Crippen molar-refractivity contribution in [1.29, 1.82) is 0 Å². The first-order chi connectivity index (χ1) is 8.12. The summed E-state index contributed by atoms with van der Waals surface area (Å²) in [6, 6.07) is 0.128. The third-order valence-electron chi connectivity index (χ3n) is 4.03. The predicted octanol–water partition coefficient (Wildman–Crippen LogP) is 1.48. The van der Waals surface area contributed by atoms with E-state index in [1.807, 2.05) is 6.92 Å². The molecule has 2 heterocycles. The van der Waals surface area contributed by atoms with Crippen molar-refractivity contribution in [2.45, 2.75) is 51.7 Å². The average molecular weight is 277 g/mol. The Morgan fingerprint density at radius 1 is 1.50 bits per heavy atom. The highest BCUT2D eigenvalue weighted by atomic mass is 35.5. The molecule has 0 aromatic carbocycles. The Bertz CT molecular complexity index is 274. The molecule has 5 heteroatoms. The van der Waals surface area contributed by atoms with Gasteiger partial charge in [-0.3, -0.25) is 4.79 Å². The van der Waals surface area contributed by atoms with Crippen molar-refractivity contribution in [2.24, 2.45) is 5.41 Å². The predicted molar refractivity (Wildman–Crippen MR) is 74.0 cm³/mol. The summed E-state index contributed by atoms with van der Waals surface area (Å²) in [5, 5.41) is 6.44. The lowest BCUT2D eigenvalue weighted by Gasteiger charge is -2.34. The zero-order chi connectivity index (χ0) is 12.3. The van der Waals surface area contributed by atoms with Gasteiger partial charge in [0, 0.05) is 13.2 Å². The molecule has 0 saturated carbocycles. The first-order valence-corrected chi connectivity index (χ1v) is 6.75. The summed E-state index contributed by atoms with van der Waals surface area (Å²) in [7, 11) is 0. The Morgan fingerprint density at radius 3 is 2.83 bits per heavy atom. The van der Waals surface area contributed by atoms with E-state index in [9.17, 15) is 4.79 Å². The molecule has 1 amide bonds. The molecular formula is C13H25ClN2O2. The normalized spacial score (nSPS) is 33.6. The second-order valence-corrected chi connectivity index (χ2v) is 5.65. The Kier molecular flexibility index (Phi) is 5.89. The van der Waals surface area contributed by atoms with E-state index < -0.39 is 0 Å². The molecule has 2 aliphatic heterocycles. The summed E-state index contributed by atoms with van der Waals surface area (Å²) in [4.78, 5) is 12.3. The molecule has 4 nitrogen and oxygen atoms in total. The van der Waals surface area contributed by atoms with Crippen LogP contribution in [0.25, 0.3) is 0 Å². The number of ether oxygens (including phenoxy) is 1. The smallest absolute Gasteiger partial charge is 0.227 e. The molecule has 106 valence electrons. The van der Waals surface area contributed by atoms with Crippen molar-refractivity contribution in [3.8, 4) is 0 Å². The lowest BCUT2D eigenvalue weighted by Crippen LogP contribution is -2.52. The standard InChI is InChI=1S/C13H24N2O2.ClH/c1-10(11-5-3-8-17-11)15-12(16)13(2)6-4-7-14-9-13;/h10-11,14H,3-9H2,1-2H3,(H,15,16);1H. The van der Waals surface area contributed by atoms with Gasteiger partial charge in [-0.2, -0.15) is 0 Å². The summed E-state index contributed by atoms with van der Waals surface area (Å²) in [5.74, 6) is 0.174. The molecule has 0 aromatic rings. The quantitative estimate of drug-likeness (QED) is 0.821. The number of piperidine rings is 1. The van der Waals surface area contributed by atoms with Crippen molar-refractivity contribution < 1.29 is 9.53 Å². The van der Waals surface area contributed by atoms with Crippen molar-refractivity contribution in [3.63, 3.8) is 0 Å². The number of nitrogens with one attached hydrogen (secondary N) is 2. The summed E-state index contributed by atoms with van der Waals surface area (Å²) in [5.41, 5.74) is -0.245. The van der Waals surface area contributed by atoms with Gasteiger partial charge in [0.1, 0.15) is 0 Å². The highest BCUT2D eigenvalue weighted by Crippen LogP contribution is 2.26. The van der Waals surface area contributed by atoms with Crippen LogP contribution in [-0.2, 0) is 9.53 Å². The molecule has 3 atom stereocenters. The Morgan fingerprint density at radius 2 is 2.28 bits per heavy atom. The zero-order valence-electron chi connectivity index (χ0n) is 11.3. The highest BCUT2D eigenvalue weighted by molar-refractivity contribution is 5.85. The fourth-order valence-electron chi connectivity index (χ4n) is 2.72. The molecule has 2 aliphatic rings. The maximum Gasteiger partial charge on any atom is 0.227 e. The second-order valence-electron chi connectivity index (χ2n) is 5.65. The van der Waals surface area contributed by atoms with Gasteiger partial charge < -0.3 is 15.4 Å². The third kappa shape index (κ3) is 3.59. The van der Waals surface area contributed by atoms with Gasteiger partial charge in [-0.05, 0) is 46.1 Å². The molecule has 0 aromatic heterocycles. The molecule has 2 rings (SSSR count). The van der Waals surface area contributed by atoms with Crippen LogP contribution < -0.4 is 10.6 Å². The third-order valence-corrected chi connectivity index (χ3v) is 4.03. The van der Waals surface area contributed by atoms with Crippen LogP contribution >= 0.6 is 12.4 Å². The van der Waals surface area contributed by atoms with Gasteiger partial charge in [0.2, 0.25) is 5.91 Å². The van der Waals surface area contributed by atoms with Crippen LogP contribution in [0.15, 0.2) is 0 Å². The topological polar surface area (TPSA) is 50.4 Å². The van der Waals surface area contributed by atoms with Gasteiger partial charge in [-0.1, -0.05) is 0 Å². The molecule has 18 heavy (non-hydrogen) atoms. The van der Waals surface area contributed by atoms with E-state index in [0.717, 1.165) is 45.4 Å². The molecule has 0 spiro atoms. The molecule has 2 saturated heterocycles. The number of hydrogen-bond acceptors (Lipinski definition) is 3. The maximum atomic E-state index is 12.3. The molecule has 2 N–H and O–H groups in total. The second kappa shape index (κ2) is 6.73. The zero-order valence-corrected chi connectivity index (χ0v) is 12.1. The minimum absolute atomic E-state index is 0. The molecule has 0 radical (unpaired) electrons. The van der Waals surface area contributed by atoms with Crippen LogP contribution in [0.3, 0.4) is 0 Å². The van der Waals surface area contributed by atoms with Crippen LogP contribution in [0.2, 0.25) is 0 Å².